The zero-order chi connectivity index (χ0) is 21.8. The molecule has 30 heavy (non-hydrogen) atoms. The molecular formula is C26H30N2O2. The van der Waals surface area contributed by atoms with Crippen LogP contribution in [0.3, 0.4) is 0 Å². The van der Waals surface area contributed by atoms with Gasteiger partial charge in [-0.3, -0.25) is 9.59 Å². The van der Waals surface area contributed by atoms with Gasteiger partial charge >= 0.3 is 0 Å². The van der Waals surface area contributed by atoms with Crippen LogP contribution in [0.5, 0.6) is 0 Å². The minimum absolute atomic E-state index is 0.0139. The van der Waals surface area contributed by atoms with Crippen molar-refractivity contribution >= 4 is 23.2 Å². The molecule has 0 aliphatic heterocycles. The number of anilines is 2. The van der Waals surface area contributed by atoms with Crippen LogP contribution in [0.4, 0.5) is 11.4 Å². The molecule has 2 amide bonds. The van der Waals surface area contributed by atoms with Gasteiger partial charge < -0.3 is 10.6 Å². The van der Waals surface area contributed by atoms with Crippen molar-refractivity contribution in [2.24, 2.45) is 0 Å². The predicted molar refractivity (Wildman–Crippen MR) is 125 cm³/mol. The van der Waals surface area contributed by atoms with Gasteiger partial charge in [0.2, 0.25) is 11.8 Å². The fourth-order valence-corrected chi connectivity index (χ4v) is 2.71. The van der Waals surface area contributed by atoms with Gasteiger partial charge in [0, 0.05) is 17.8 Å². The maximum absolute atomic E-state index is 11.8. The van der Waals surface area contributed by atoms with Gasteiger partial charge in [0.15, 0.2) is 0 Å². The fraction of sp³-hybridized carbons (Fsp3) is 0.231. The van der Waals surface area contributed by atoms with E-state index in [1.54, 1.807) is 0 Å². The molecule has 0 aliphatic carbocycles. The number of aryl methyl sites for hydroxylation is 2. The van der Waals surface area contributed by atoms with E-state index in [0.29, 0.717) is 12.8 Å². The quantitative estimate of drug-likeness (QED) is 0.538. The summed E-state index contributed by atoms with van der Waals surface area (Å²) in [6.07, 6.45) is 1.89. The molecule has 0 fully saturated rings. The van der Waals surface area contributed by atoms with Crippen molar-refractivity contribution in [1.29, 1.82) is 0 Å². The summed E-state index contributed by atoms with van der Waals surface area (Å²) in [6, 6.07) is 25.3. The largest absolute Gasteiger partial charge is 0.326 e. The Morgan fingerprint density at radius 3 is 1.60 bits per heavy atom. The van der Waals surface area contributed by atoms with Crippen LogP contribution in [-0.4, -0.2) is 11.8 Å². The first-order chi connectivity index (χ1) is 14.5. The van der Waals surface area contributed by atoms with Gasteiger partial charge in [-0.1, -0.05) is 72.6 Å². The number of benzene rings is 3. The van der Waals surface area contributed by atoms with Gasteiger partial charge in [-0.15, -0.1) is 0 Å². The third-order valence-electron chi connectivity index (χ3n) is 4.36. The Balaban J connectivity index is 0.000000222. The molecule has 0 spiro atoms. The molecular weight excluding hydrogens is 372 g/mol. The molecule has 0 aliphatic rings. The van der Waals surface area contributed by atoms with E-state index >= 15 is 0 Å². The zero-order valence-corrected chi connectivity index (χ0v) is 17.9. The SMILES string of the molecule is CCCC(=O)Nc1ccc(C)cc1.Cc1ccc(NC(=O)Cc2ccccc2)cc1. The summed E-state index contributed by atoms with van der Waals surface area (Å²) in [5.41, 5.74) is 5.14. The second kappa shape index (κ2) is 12.2. The molecule has 3 rings (SSSR count). The number of hydrogen-bond acceptors (Lipinski definition) is 2. The lowest BCUT2D eigenvalue weighted by Gasteiger charge is -2.05. The Morgan fingerprint density at radius 2 is 1.13 bits per heavy atom. The predicted octanol–water partition coefficient (Wildman–Crippen LogP) is 5.91. The van der Waals surface area contributed by atoms with Crippen LogP contribution >= 0.6 is 0 Å². The third kappa shape index (κ3) is 8.74. The summed E-state index contributed by atoms with van der Waals surface area (Å²) in [5.74, 6) is 0.103. The number of hydrogen-bond donors (Lipinski definition) is 2. The van der Waals surface area contributed by atoms with Crippen LogP contribution in [0.15, 0.2) is 78.9 Å². The van der Waals surface area contributed by atoms with E-state index in [4.69, 9.17) is 0 Å². The highest BCUT2D eigenvalue weighted by Crippen LogP contribution is 2.10. The fourth-order valence-electron chi connectivity index (χ4n) is 2.71. The monoisotopic (exact) mass is 402 g/mol. The molecule has 4 nitrogen and oxygen atoms in total. The van der Waals surface area contributed by atoms with Gasteiger partial charge in [-0.2, -0.15) is 0 Å². The smallest absolute Gasteiger partial charge is 0.228 e. The molecule has 0 saturated carbocycles. The van der Waals surface area contributed by atoms with Crippen molar-refractivity contribution < 1.29 is 9.59 Å². The summed E-state index contributed by atoms with van der Waals surface area (Å²) in [7, 11) is 0. The van der Waals surface area contributed by atoms with Gasteiger partial charge in [0.1, 0.15) is 0 Å². The maximum Gasteiger partial charge on any atom is 0.228 e. The molecule has 0 heterocycles. The molecule has 3 aromatic rings. The van der Waals surface area contributed by atoms with Crippen LogP contribution < -0.4 is 10.6 Å². The van der Waals surface area contributed by atoms with Crippen LogP contribution in [0, 0.1) is 13.8 Å². The highest BCUT2D eigenvalue weighted by Gasteiger charge is 2.03. The number of carbonyl (C=O) groups excluding carboxylic acids is 2. The van der Waals surface area contributed by atoms with E-state index in [-0.39, 0.29) is 11.8 Å². The van der Waals surface area contributed by atoms with Crippen molar-refractivity contribution in [1.82, 2.24) is 0 Å². The van der Waals surface area contributed by atoms with E-state index < -0.39 is 0 Å². The molecule has 0 atom stereocenters. The average molecular weight is 403 g/mol. The van der Waals surface area contributed by atoms with Crippen molar-refractivity contribution in [3.63, 3.8) is 0 Å². The Morgan fingerprint density at radius 1 is 0.667 bits per heavy atom. The Hall–Kier alpha value is -3.40. The number of carbonyl (C=O) groups is 2. The van der Waals surface area contributed by atoms with E-state index in [1.165, 1.54) is 11.1 Å². The van der Waals surface area contributed by atoms with Crippen LogP contribution in [-0.2, 0) is 16.0 Å². The molecule has 4 heteroatoms. The second-order valence-electron chi connectivity index (χ2n) is 7.24. The van der Waals surface area contributed by atoms with Crippen LogP contribution in [0.2, 0.25) is 0 Å². The third-order valence-corrected chi connectivity index (χ3v) is 4.36. The lowest BCUT2D eigenvalue weighted by Crippen LogP contribution is -2.14. The maximum atomic E-state index is 11.8. The summed E-state index contributed by atoms with van der Waals surface area (Å²) >= 11 is 0. The van der Waals surface area contributed by atoms with Gasteiger partial charge in [0.25, 0.3) is 0 Å². The summed E-state index contributed by atoms with van der Waals surface area (Å²) in [5, 5.41) is 5.71. The van der Waals surface area contributed by atoms with E-state index in [9.17, 15) is 9.59 Å². The van der Waals surface area contributed by atoms with E-state index in [1.807, 2.05) is 99.6 Å². The zero-order valence-electron chi connectivity index (χ0n) is 17.9. The highest BCUT2D eigenvalue weighted by molar-refractivity contribution is 5.92. The summed E-state index contributed by atoms with van der Waals surface area (Å²) in [4.78, 5) is 22.9. The number of rotatable bonds is 6. The van der Waals surface area contributed by atoms with Crippen LogP contribution in [0.1, 0.15) is 36.5 Å². The molecule has 0 unspecified atom stereocenters. The molecule has 2 N–H and O–H groups in total. The normalized spacial score (nSPS) is 9.83. The van der Waals surface area contributed by atoms with Gasteiger partial charge in [-0.05, 0) is 50.1 Å². The molecule has 0 bridgehead atoms. The Bertz CT molecular complexity index is 918. The minimum Gasteiger partial charge on any atom is -0.326 e. The van der Waals surface area contributed by atoms with Gasteiger partial charge in [-0.25, -0.2) is 0 Å². The lowest BCUT2D eigenvalue weighted by molar-refractivity contribution is -0.116. The van der Waals surface area contributed by atoms with E-state index in [2.05, 4.69) is 10.6 Å². The van der Waals surface area contributed by atoms with Crippen molar-refractivity contribution in [2.75, 3.05) is 10.6 Å². The van der Waals surface area contributed by atoms with Crippen molar-refractivity contribution in [3.8, 4) is 0 Å². The van der Waals surface area contributed by atoms with Crippen molar-refractivity contribution in [2.45, 2.75) is 40.0 Å². The standard InChI is InChI=1S/C15H15NO.C11H15NO/c1-12-7-9-14(10-8-12)16-15(17)11-13-5-3-2-4-6-13;1-3-4-11(13)12-10-7-5-9(2)6-8-10/h2-10H,11H2,1H3,(H,16,17);5-8H,3-4H2,1-2H3,(H,12,13). The first kappa shape index (κ1) is 22.9. The molecule has 0 aromatic heterocycles. The average Bonchev–Trinajstić information content (AvgIpc) is 2.73. The topological polar surface area (TPSA) is 58.2 Å². The minimum atomic E-state index is 0.0139. The molecule has 3 aromatic carbocycles. The number of nitrogens with one attached hydrogen (secondary N) is 2. The Labute approximate surface area is 179 Å². The van der Waals surface area contributed by atoms with E-state index in [0.717, 1.165) is 23.4 Å². The van der Waals surface area contributed by atoms with Gasteiger partial charge in [0.05, 0.1) is 6.42 Å². The highest BCUT2D eigenvalue weighted by atomic mass is 16.2. The molecule has 0 radical (unpaired) electrons. The summed E-state index contributed by atoms with van der Waals surface area (Å²) < 4.78 is 0. The number of amides is 2. The second-order valence-corrected chi connectivity index (χ2v) is 7.24. The molecule has 0 saturated heterocycles. The van der Waals surface area contributed by atoms with Crippen molar-refractivity contribution in [3.05, 3.63) is 95.6 Å². The lowest BCUT2D eigenvalue weighted by atomic mass is 10.1. The first-order valence-electron chi connectivity index (χ1n) is 10.2. The first-order valence-corrected chi connectivity index (χ1v) is 10.2. The summed E-state index contributed by atoms with van der Waals surface area (Å²) in [6.45, 7) is 6.04. The Kier molecular flexibility index (Phi) is 9.32. The van der Waals surface area contributed by atoms with Crippen LogP contribution in [0.25, 0.3) is 0 Å². The molecule has 156 valence electrons.